The molecule has 1 saturated heterocycles. The number of unbranched alkanes of at least 4 members (excludes halogenated alkanes) is 1. The van der Waals surface area contributed by atoms with Crippen molar-refractivity contribution in [3.63, 3.8) is 0 Å². The highest BCUT2D eigenvalue weighted by Gasteiger charge is 2.19. The van der Waals surface area contributed by atoms with E-state index in [1.54, 1.807) is 26.0 Å². The number of benzene rings is 1. The van der Waals surface area contributed by atoms with Gasteiger partial charge in [-0.15, -0.1) is 0 Å². The number of hydrogen-bond acceptors (Lipinski definition) is 6. The molecule has 9 heteroatoms. The lowest BCUT2D eigenvalue weighted by Gasteiger charge is -2.36. The minimum atomic E-state index is -3.17. The van der Waals surface area contributed by atoms with Gasteiger partial charge in [-0.2, -0.15) is 0 Å². The second kappa shape index (κ2) is 9.29. The van der Waals surface area contributed by atoms with Gasteiger partial charge >= 0.3 is 0 Å². The first-order valence-corrected chi connectivity index (χ1v) is 10.5. The molecule has 146 valence electrons. The van der Waals surface area contributed by atoms with Crippen LogP contribution in [0.1, 0.15) is 26.7 Å². The predicted octanol–water partition coefficient (Wildman–Crippen LogP) is 1.82. The fraction of sp³-hybridized carbons (Fsp3) is 0.647. The van der Waals surface area contributed by atoms with Gasteiger partial charge in [-0.25, -0.2) is 13.1 Å². The van der Waals surface area contributed by atoms with Crippen molar-refractivity contribution in [3.05, 3.63) is 34.4 Å². The number of nitrogens with zero attached hydrogens (tertiary/aromatic N) is 3. The monoisotopic (exact) mass is 384 g/mol. The summed E-state index contributed by atoms with van der Waals surface area (Å²) in [5, 5.41) is 10.5. The molecule has 0 amide bonds. The van der Waals surface area contributed by atoms with Crippen molar-refractivity contribution in [2.45, 2.75) is 31.9 Å². The zero-order valence-electron chi connectivity index (χ0n) is 15.4. The molecule has 1 fully saturated rings. The molecule has 1 N–H and O–H groups in total. The van der Waals surface area contributed by atoms with Gasteiger partial charge in [-0.05, 0) is 39.3 Å². The topological polar surface area (TPSA) is 95.8 Å². The van der Waals surface area contributed by atoms with Crippen LogP contribution in [0.25, 0.3) is 0 Å². The second-order valence-electron chi connectivity index (χ2n) is 6.80. The summed E-state index contributed by atoms with van der Waals surface area (Å²) in [6.07, 6.45) is 1.76. The molecule has 0 saturated carbocycles. The summed E-state index contributed by atoms with van der Waals surface area (Å²) in [6.45, 7) is 8.23. The Bertz CT molecular complexity index is 700. The van der Waals surface area contributed by atoms with Crippen LogP contribution in [0, 0.1) is 10.1 Å². The third-order valence-electron chi connectivity index (χ3n) is 4.60. The third-order valence-corrected chi connectivity index (χ3v) is 6.45. The van der Waals surface area contributed by atoms with E-state index in [1.807, 2.05) is 6.07 Å². The largest absolute Gasteiger partial charge is 0.369 e. The standard InChI is InChI=1S/C17H28N4O4S/c1-15(2)26(24,25)18-8-3-4-9-19-10-12-20(13-11-19)16-6-5-7-17(14-16)21(22)23/h5-7,14-15,18H,3-4,8-13H2,1-2H3. The van der Waals surface area contributed by atoms with E-state index in [2.05, 4.69) is 14.5 Å². The van der Waals surface area contributed by atoms with Gasteiger partial charge in [0.15, 0.2) is 0 Å². The van der Waals surface area contributed by atoms with Gasteiger partial charge in [0.1, 0.15) is 0 Å². The molecule has 2 rings (SSSR count). The van der Waals surface area contributed by atoms with Crippen molar-refractivity contribution in [1.82, 2.24) is 9.62 Å². The summed E-state index contributed by atoms with van der Waals surface area (Å²) in [5.74, 6) is 0. The molecule has 0 spiro atoms. The number of sulfonamides is 1. The molecule has 8 nitrogen and oxygen atoms in total. The minimum absolute atomic E-state index is 0.119. The van der Waals surface area contributed by atoms with Crippen molar-refractivity contribution < 1.29 is 13.3 Å². The van der Waals surface area contributed by atoms with E-state index in [1.165, 1.54) is 6.07 Å². The SMILES string of the molecule is CC(C)S(=O)(=O)NCCCCN1CCN(c2cccc([N+](=O)[O-])c2)CC1. The summed E-state index contributed by atoms with van der Waals surface area (Å²) in [5.41, 5.74) is 1.01. The highest BCUT2D eigenvalue weighted by molar-refractivity contribution is 7.90. The molecule has 1 heterocycles. The molecule has 1 aromatic rings. The van der Waals surface area contributed by atoms with Gasteiger partial charge in [0.25, 0.3) is 5.69 Å². The molecule has 0 atom stereocenters. The zero-order chi connectivity index (χ0) is 19.2. The first-order chi connectivity index (χ1) is 12.3. The van der Waals surface area contributed by atoms with E-state index >= 15 is 0 Å². The van der Waals surface area contributed by atoms with Crippen molar-refractivity contribution in [2.75, 3.05) is 44.2 Å². The van der Waals surface area contributed by atoms with Crippen LogP contribution in [-0.4, -0.2) is 62.8 Å². The predicted molar refractivity (Wildman–Crippen MR) is 103 cm³/mol. The van der Waals surface area contributed by atoms with E-state index in [0.29, 0.717) is 6.54 Å². The van der Waals surface area contributed by atoms with Gasteiger partial charge in [0.05, 0.1) is 10.2 Å². The highest BCUT2D eigenvalue weighted by Crippen LogP contribution is 2.22. The minimum Gasteiger partial charge on any atom is -0.369 e. The summed E-state index contributed by atoms with van der Waals surface area (Å²) < 4.78 is 26.0. The number of nitro groups is 1. The van der Waals surface area contributed by atoms with Crippen LogP contribution in [0.4, 0.5) is 11.4 Å². The van der Waals surface area contributed by atoms with Crippen LogP contribution in [-0.2, 0) is 10.0 Å². The quantitative estimate of drug-likeness (QED) is 0.396. The van der Waals surface area contributed by atoms with Gasteiger partial charge in [-0.1, -0.05) is 6.07 Å². The average molecular weight is 385 g/mol. The number of rotatable bonds is 9. The van der Waals surface area contributed by atoms with E-state index < -0.39 is 15.3 Å². The fourth-order valence-electron chi connectivity index (χ4n) is 2.87. The van der Waals surface area contributed by atoms with Crippen LogP contribution in [0.3, 0.4) is 0 Å². The molecule has 26 heavy (non-hydrogen) atoms. The van der Waals surface area contributed by atoms with E-state index in [4.69, 9.17) is 0 Å². The van der Waals surface area contributed by atoms with E-state index in [-0.39, 0.29) is 10.6 Å². The van der Waals surface area contributed by atoms with Gasteiger partial charge in [0, 0.05) is 50.5 Å². The van der Waals surface area contributed by atoms with Crippen molar-refractivity contribution in [3.8, 4) is 0 Å². The molecule has 1 aliphatic heterocycles. The Labute approximate surface area is 155 Å². The van der Waals surface area contributed by atoms with Crippen molar-refractivity contribution in [2.24, 2.45) is 0 Å². The van der Waals surface area contributed by atoms with Crippen LogP contribution >= 0.6 is 0 Å². The van der Waals surface area contributed by atoms with Crippen LogP contribution in [0.15, 0.2) is 24.3 Å². The molecule has 1 aliphatic rings. The molecule has 0 bridgehead atoms. The molecule has 1 aromatic carbocycles. The lowest BCUT2D eigenvalue weighted by Crippen LogP contribution is -2.46. The normalized spacial score (nSPS) is 16.2. The number of anilines is 1. The molecular formula is C17H28N4O4S. The van der Waals surface area contributed by atoms with E-state index in [0.717, 1.165) is 51.3 Å². The number of nitro benzene ring substituents is 1. The molecule has 0 aliphatic carbocycles. The summed E-state index contributed by atoms with van der Waals surface area (Å²) in [7, 11) is -3.17. The lowest BCUT2D eigenvalue weighted by atomic mass is 10.2. The lowest BCUT2D eigenvalue weighted by molar-refractivity contribution is -0.384. The Balaban J connectivity index is 1.69. The Morgan fingerprint density at radius 3 is 2.50 bits per heavy atom. The number of nitrogens with one attached hydrogen (secondary N) is 1. The Kier molecular flexibility index (Phi) is 7.36. The smallest absolute Gasteiger partial charge is 0.271 e. The van der Waals surface area contributed by atoms with Gasteiger partial charge < -0.3 is 4.90 Å². The number of non-ortho nitro benzene ring substituents is 1. The summed E-state index contributed by atoms with van der Waals surface area (Å²) in [6, 6.07) is 6.76. The fourth-order valence-corrected chi connectivity index (χ4v) is 3.64. The van der Waals surface area contributed by atoms with Gasteiger partial charge in [-0.3, -0.25) is 15.0 Å². The van der Waals surface area contributed by atoms with Crippen LogP contribution in [0.2, 0.25) is 0 Å². The summed E-state index contributed by atoms with van der Waals surface area (Å²) in [4.78, 5) is 15.0. The first kappa shape index (κ1) is 20.6. The van der Waals surface area contributed by atoms with Crippen molar-refractivity contribution in [1.29, 1.82) is 0 Å². The van der Waals surface area contributed by atoms with E-state index in [9.17, 15) is 18.5 Å². The van der Waals surface area contributed by atoms with Crippen LogP contribution < -0.4 is 9.62 Å². The molecule has 0 radical (unpaired) electrons. The molecule has 0 aromatic heterocycles. The Morgan fingerprint density at radius 1 is 1.19 bits per heavy atom. The number of hydrogen-bond donors (Lipinski definition) is 1. The van der Waals surface area contributed by atoms with Gasteiger partial charge in [0.2, 0.25) is 10.0 Å². The molecule has 0 unspecified atom stereocenters. The summed E-state index contributed by atoms with van der Waals surface area (Å²) >= 11 is 0. The Hall–Kier alpha value is -1.71. The van der Waals surface area contributed by atoms with Crippen LogP contribution in [0.5, 0.6) is 0 Å². The Morgan fingerprint density at radius 2 is 1.88 bits per heavy atom. The maximum Gasteiger partial charge on any atom is 0.271 e. The first-order valence-electron chi connectivity index (χ1n) is 9.00. The average Bonchev–Trinajstić information content (AvgIpc) is 2.62. The zero-order valence-corrected chi connectivity index (χ0v) is 16.2. The third kappa shape index (κ3) is 5.93. The maximum atomic E-state index is 11.7. The highest BCUT2D eigenvalue weighted by atomic mass is 32.2. The molecular weight excluding hydrogens is 356 g/mol. The number of piperazine rings is 1. The maximum absolute atomic E-state index is 11.7. The van der Waals surface area contributed by atoms with Crippen molar-refractivity contribution >= 4 is 21.4 Å². The second-order valence-corrected chi connectivity index (χ2v) is 9.12.